The van der Waals surface area contributed by atoms with E-state index < -0.39 is 29.6 Å². The van der Waals surface area contributed by atoms with Crippen molar-refractivity contribution in [1.82, 2.24) is 29.9 Å². The molecule has 1 aliphatic carbocycles. The van der Waals surface area contributed by atoms with Crippen molar-refractivity contribution in [1.29, 1.82) is 0 Å². The number of unbranched alkanes of at least 4 members (excludes halogenated alkanes) is 2. The Morgan fingerprint density at radius 2 is 2.00 bits per heavy atom. The first kappa shape index (κ1) is 34.1. The lowest BCUT2D eigenvalue weighted by Crippen LogP contribution is -2.52. The number of alkyl halides is 3. The number of allylic oxidation sites excluding steroid dienone is 1. The number of ether oxygens (including phenoxy) is 2. The molecule has 0 spiro atoms. The predicted octanol–water partition coefficient (Wildman–Crippen LogP) is 6.41. The minimum absolute atomic E-state index is 0.0229. The Bertz CT molecular complexity index is 1680. The molecule has 3 amide bonds. The molecule has 0 unspecified atom stereocenters. The van der Waals surface area contributed by atoms with E-state index >= 15 is 0 Å². The number of carbonyl (C=O) groups is 2. The predicted molar refractivity (Wildman–Crippen MR) is 172 cm³/mol. The summed E-state index contributed by atoms with van der Waals surface area (Å²) in [5.74, 6) is 0.496. The van der Waals surface area contributed by atoms with Crippen molar-refractivity contribution in [2.24, 2.45) is 5.92 Å². The highest BCUT2D eigenvalue weighted by atomic mass is 35.5. The Morgan fingerprint density at radius 3 is 2.64 bits per heavy atom. The van der Waals surface area contributed by atoms with Crippen LogP contribution in [0.4, 0.5) is 18.0 Å². The minimum atomic E-state index is -4.65. The summed E-state index contributed by atoms with van der Waals surface area (Å²) in [7, 11) is 3.15. The third-order valence-electron chi connectivity index (χ3n) is 8.78. The number of hydrogen-bond acceptors (Lipinski definition) is 6. The summed E-state index contributed by atoms with van der Waals surface area (Å²) in [5.41, 5.74) is -1.32. The molecule has 1 saturated heterocycles. The van der Waals surface area contributed by atoms with Crippen molar-refractivity contribution in [2.45, 2.75) is 62.9 Å². The molecule has 1 N–H and O–H groups in total. The van der Waals surface area contributed by atoms with Gasteiger partial charge in [-0.1, -0.05) is 23.8 Å². The number of hydrogen-bond donors (Lipinski definition) is 1. The fourth-order valence-corrected chi connectivity index (χ4v) is 6.18. The smallest absolute Gasteiger partial charge is 0.435 e. The molecule has 14 heteroatoms. The second kappa shape index (κ2) is 13.5. The molecular weight excluding hydrogens is 637 g/mol. The quantitative estimate of drug-likeness (QED) is 0.176. The van der Waals surface area contributed by atoms with Crippen LogP contribution >= 0.6 is 11.6 Å². The minimum Gasteiger partial charge on any atom is -0.495 e. The van der Waals surface area contributed by atoms with Crippen LogP contribution in [0, 0.1) is 5.92 Å². The zero-order valence-electron chi connectivity index (χ0n) is 26.5. The van der Waals surface area contributed by atoms with E-state index in [1.807, 2.05) is 13.0 Å². The number of benzene rings is 1. The molecule has 5 rings (SSSR count). The Kier molecular flexibility index (Phi) is 9.76. The summed E-state index contributed by atoms with van der Waals surface area (Å²) >= 11 is 6.61. The summed E-state index contributed by atoms with van der Waals surface area (Å²) in [6.07, 6.45) is 2.93. The van der Waals surface area contributed by atoms with Gasteiger partial charge in [0.2, 0.25) is 5.91 Å². The summed E-state index contributed by atoms with van der Waals surface area (Å²) in [6.45, 7) is 10.1. The van der Waals surface area contributed by atoms with E-state index in [1.165, 1.54) is 18.1 Å². The number of halogens is 4. The number of nitrogens with one attached hydrogen (secondary N) is 1. The molecule has 0 bridgehead atoms. The standard InChI is InChI=1S/C33H38ClF3N6O4/c1-6-8-9-10-14-41(4)30(44)23-16-21(19-42(23)31(45)39-32(3)18-20(32)7-2)47-25-17-27(43-15-13-26(40-43)33(35,36)37)38-29-22(25)11-12-24(46-5)28(29)34/h6-7,11-13,15,17,20-21,23H,1-2,8-10,14,16,18-19H2,3-5H3,(H,39,45)/t20-,21+,23+,32-/m1/s1. The van der Waals surface area contributed by atoms with Gasteiger partial charge in [-0.3, -0.25) is 4.79 Å². The van der Waals surface area contributed by atoms with Crippen molar-refractivity contribution in [2.75, 3.05) is 27.2 Å². The van der Waals surface area contributed by atoms with E-state index in [9.17, 15) is 22.8 Å². The number of carbonyl (C=O) groups excluding carboxylic acids is 2. The van der Waals surface area contributed by atoms with Crippen LogP contribution in [0.5, 0.6) is 11.5 Å². The number of likely N-dealkylation sites (tertiary alicyclic amines) is 1. The molecule has 0 radical (unpaired) electrons. The first-order valence-corrected chi connectivity index (χ1v) is 15.7. The lowest BCUT2D eigenvalue weighted by molar-refractivity contribution is -0.141. The van der Waals surface area contributed by atoms with Gasteiger partial charge in [-0.2, -0.15) is 18.3 Å². The monoisotopic (exact) mass is 674 g/mol. The Balaban J connectivity index is 1.46. The van der Waals surface area contributed by atoms with Gasteiger partial charge >= 0.3 is 12.2 Å². The third-order valence-corrected chi connectivity index (χ3v) is 9.14. The maximum Gasteiger partial charge on any atom is 0.435 e. The number of urea groups is 1. The Hall–Kier alpha value is -4.26. The number of methoxy groups -OCH3 is 1. The second-order valence-corrected chi connectivity index (χ2v) is 12.6. The topological polar surface area (TPSA) is 102 Å². The van der Waals surface area contributed by atoms with Gasteiger partial charge in [-0.15, -0.1) is 13.2 Å². The molecule has 3 heterocycles. The van der Waals surface area contributed by atoms with Crippen LogP contribution in [-0.2, 0) is 11.0 Å². The molecule has 1 saturated carbocycles. The molecule has 47 heavy (non-hydrogen) atoms. The molecule has 2 aromatic heterocycles. The third kappa shape index (κ3) is 7.19. The van der Waals surface area contributed by atoms with Crippen LogP contribution < -0.4 is 14.8 Å². The molecule has 2 fully saturated rings. The lowest BCUT2D eigenvalue weighted by atomic mass is 10.1. The van der Waals surface area contributed by atoms with Gasteiger partial charge in [0.25, 0.3) is 0 Å². The van der Waals surface area contributed by atoms with Crippen LogP contribution in [0.25, 0.3) is 16.7 Å². The van der Waals surface area contributed by atoms with E-state index in [0.29, 0.717) is 17.7 Å². The van der Waals surface area contributed by atoms with Gasteiger partial charge in [-0.25, -0.2) is 14.5 Å². The highest BCUT2D eigenvalue weighted by molar-refractivity contribution is 6.36. The van der Waals surface area contributed by atoms with Crippen molar-refractivity contribution in [3.63, 3.8) is 0 Å². The summed E-state index contributed by atoms with van der Waals surface area (Å²) in [5, 5.41) is 7.33. The fourth-order valence-electron chi connectivity index (χ4n) is 5.90. The average molecular weight is 675 g/mol. The second-order valence-electron chi connectivity index (χ2n) is 12.2. The SMILES string of the molecule is C=CCCCCN(C)C(=O)[C@@H]1C[C@H](Oc2cc(-n3ccc(C(F)(F)F)n3)nc3c(Cl)c(OC)ccc23)CN1C(=O)N[C@]1(C)C[C@H]1C=C. The number of pyridine rings is 1. The zero-order chi connectivity index (χ0) is 34.1. The lowest BCUT2D eigenvalue weighted by Gasteiger charge is -2.29. The van der Waals surface area contributed by atoms with Gasteiger partial charge in [0.1, 0.15) is 28.7 Å². The number of fused-ring (bicyclic) bond motifs is 1. The van der Waals surface area contributed by atoms with Gasteiger partial charge in [0.15, 0.2) is 11.5 Å². The highest BCUT2D eigenvalue weighted by Gasteiger charge is 2.51. The van der Waals surface area contributed by atoms with Gasteiger partial charge < -0.3 is 24.6 Å². The largest absolute Gasteiger partial charge is 0.495 e. The van der Waals surface area contributed by atoms with Crippen molar-refractivity contribution in [3.05, 3.63) is 66.5 Å². The first-order chi connectivity index (χ1) is 22.3. The Labute approximate surface area is 276 Å². The van der Waals surface area contributed by atoms with E-state index in [4.69, 9.17) is 21.1 Å². The van der Waals surface area contributed by atoms with E-state index in [2.05, 4.69) is 28.6 Å². The van der Waals surface area contributed by atoms with Crippen LogP contribution in [0.3, 0.4) is 0 Å². The van der Waals surface area contributed by atoms with Crippen LogP contribution in [0.1, 0.15) is 44.7 Å². The van der Waals surface area contributed by atoms with E-state index in [-0.39, 0.29) is 52.9 Å². The van der Waals surface area contributed by atoms with Gasteiger partial charge in [0, 0.05) is 49.1 Å². The first-order valence-electron chi connectivity index (χ1n) is 15.3. The van der Waals surface area contributed by atoms with Crippen LogP contribution in [0.2, 0.25) is 5.02 Å². The van der Waals surface area contributed by atoms with Crippen LogP contribution in [0.15, 0.2) is 55.8 Å². The van der Waals surface area contributed by atoms with Crippen LogP contribution in [-0.4, -0.2) is 81.4 Å². The van der Waals surface area contributed by atoms with Gasteiger partial charge in [-0.05, 0) is 50.8 Å². The molecular formula is C33H38ClF3N6O4. The molecule has 252 valence electrons. The number of amides is 3. The molecule has 10 nitrogen and oxygen atoms in total. The summed E-state index contributed by atoms with van der Waals surface area (Å²) in [6, 6.07) is 4.43. The molecule has 1 aromatic carbocycles. The average Bonchev–Trinajstić information content (AvgIpc) is 3.36. The van der Waals surface area contributed by atoms with Gasteiger partial charge in [0.05, 0.1) is 19.2 Å². The molecule has 1 aliphatic heterocycles. The van der Waals surface area contributed by atoms with Crippen molar-refractivity contribution >= 4 is 34.4 Å². The Morgan fingerprint density at radius 1 is 1.23 bits per heavy atom. The zero-order valence-corrected chi connectivity index (χ0v) is 27.3. The summed E-state index contributed by atoms with van der Waals surface area (Å²) in [4.78, 5) is 35.0. The van der Waals surface area contributed by atoms with E-state index in [1.54, 1.807) is 30.2 Å². The molecule has 3 aromatic rings. The number of aromatic nitrogens is 3. The maximum absolute atomic E-state index is 13.7. The molecule has 4 atom stereocenters. The normalized spacial score (nSPS) is 22.2. The number of nitrogens with zero attached hydrogens (tertiary/aromatic N) is 5. The number of likely N-dealkylation sites (N-methyl/N-ethyl adjacent to an activating group) is 1. The maximum atomic E-state index is 13.7. The summed E-state index contributed by atoms with van der Waals surface area (Å²) < 4.78 is 52.9. The van der Waals surface area contributed by atoms with Crippen molar-refractivity contribution < 1.29 is 32.2 Å². The fraction of sp³-hybridized carbons (Fsp3) is 0.455. The highest BCUT2D eigenvalue weighted by Crippen LogP contribution is 2.44. The number of rotatable bonds is 12. The molecule has 2 aliphatic rings. The van der Waals surface area contributed by atoms with Crippen molar-refractivity contribution in [3.8, 4) is 17.3 Å². The van der Waals surface area contributed by atoms with E-state index in [0.717, 1.165) is 42.6 Å².